The minimum Gasteiger partial charge on any atom is -0.384 e. The number of aryl methyl sites for hydroxylation is 1. The molecule has 0 aliphatic rings. The molecule has 0 spiro atoms. The zero-order chi connectivity index (χ0) is 11.5. The number of amidine groups is 1. The Labute approximate surface area is 94.5 Å². The molecule has 3 heteroatoms. The molecule has 0 aliphatic carbocycles. The van der Waals surface area contributed by atoms with Crippen molar-refractivity contribution in [3.8, 4) is 11.3 Å². The van der Waals surface area contributed by atoms with E-state index in [1.54, 1.807) is 12.3 Å². The molecule has 80 valence electrons. The molecule has 1 aromatic carbocycles. The fraction of sp³-hybridized carbons (Fsp3) is 0.0769. The number of nitrogens with one attached hydrogen (secondary N) is 1. The first-order valence-corrected chi connectivity index (χ1v) is 5.05. The summed E-state index contributed by atoms with van der Waals surface area (Å²) in [5.74, 6) is 0.0459. The summed E-state index contributed by atoms with van der Waals surface area (Å²) in [6.07, 6.45) is 1.71. The van der Waals surface area contributed by atoms with Crippen LogP contribution >= 0.6 is 0 Å². The maximum atomic E-state index is 7.52. The van der Waals surface area contributed by atoms with Gasteiger partial charge in [0.15, 0.2) is 0 Å². The van der Waals surface area contributed by atoms with Crippen molar-refractivity contribution in [2.45, 2.75) is 6.92 Å². The Bertz CT molecular complexity index is 532. The molecule has 0 fully saturated rings. The van der Waals surface area contributed by atoms with Crippen LogP contribution in [0, 0.1) is 12.3 Å². The second-order valence-electron chi connectivity index (χ2n) is 3.68. The number of benzene rings is 1. The second kappa shape index (κ2) is 4.14. The highest BCUT2D eigenvalue weighted by molar-refractivity contribution is 6.00. The SMILES string of the molecule is Cc1cccc(-c2ncccc2C(=N)N)c1. The van der Waals surface area contributed by atoms with Crippen molar-refractivity contribution in [3.63, 3.8) is 0 Å². The first-order chi connectivity index (χ1) is 7.68. The fourth-order valence-electron chi connectivity index (χ4n) is 1.65. The van der Waals surface area contributed by atoms with Crippen LogP contribution in [0.5, 0.6) is 0 Å². The van der Waals surface area contributed by atoms with Crippen molar-refractivity contribution in [3.05, 3.63) is 53.7 Å². The molecule has 2 rings (SSSR count). The first kappa shape index (κ1) is 10.4. The Hall–Kier alpha value is -2.16. The van der Waals surface area contributed by atoms with E-state index < -0.39 is 0 Å². The maximum absolute atomic E-state index is 7.52. The van der Waals surface area contributed by atoms with Crippen molar-refractivity contribution >= 4 is 5.84 Å². The summed E-state index contributed by atoms with van der Waals surface area (Å²) in [7, 11) is 0. The van der Waals surface area contributed by atoms with Crippen LogP contribution in [-0.4, -0.2) is 10.8 Å². The smallest absolute Gasteiger partial charge is 0.125 e. The van der Waals surface area contributed by atoms with Crippen LogP contribution in [-0.2, 0) is 0 Å². The molecule has 16 heavy (non-hydrogen) atoms. The fourth-order valence-corrected chi connectivity index (χ4v) is 1.65. The third-order valence-electron chi connectivity index (χ3n) is 2.39. The second-order valence-corrected chi connectivity index (χ2v) is 3.68. The molecule has 0 atom stereocenters. The largest absolute Gasteiger partial charge is 0.384 e. The van der Waals surface area contributed by atoms with Gasteiger partial charge in [0.1, 0.15) is 5.84 Å². The summed E-state index contributed by atoms with van der Waals surface area (Å²) >= 11 is 0. The number of aromatic nitrogens is 1. The van der Waals surface area contributed by atoms with E-state index in [0.717, 1.165) is 16.8 Å². The minimum absolute atomic E-state index is 0.0459. The normalized spacial score (nSPS) is 10.1. The van der Waals surface area contributed by atoms with Gasteiger partial charge < -0.3 is 5.73 Å². The summed E-state index contributed by atoms with van der Waals surface area (Å²) in [4.78, 5) is 4.29. The molecule has 0 amide bonds. The van der Waals surface area contributed by atoms with Gasteiger partial charge in [-0.1, -0.05) is 23.8 Å². The average molecular weight is 211 g/mol. The van der Waals surface area contributed by atoms with Crippen molar-refractivity contribution in [2.75, 3.05) is 0 Å². The molecule has 0 saturated heterocycles. The third kappa shape index (κ3) is 1.93. The van der Waals surface area contributed by atoms with Crippen LogP contribution in [0.25, 0.3) is 11.3 Å². The van der Waals surface area contributed by atoms with Crippen LogP contribution in [0.3, 0.4) is 0 Å². The monoisotopic (exact) mass is 211 g/mol. The van der Waals surface area contributed by atoms with Gasteiger partial charge >= 0.3 is 0 Å². The predicted octanol–water partition coefficient (Wildman–Crippen LogP) is 2.34. The molecule has 0 radical (unpaired) electrons. The van der Waals surface area contributed by atoms with E-state index >= 15 is 0 Å². The lowest BCUT2D eigenvalue weighted by Gasteiger charge is -2.07. The molecule has 0 bridgehead atoms. The number of nitrogens with two attached hydrogens (primary N) is 1. The van der Waals surface area contributed by atoms with Crippen LogP contribution in [0.2, 0.25) is 0 Å². The summed E-state index contributed by atoms with van der Waals surface area (Å²) < 4.78 is 0. The van der Waals surface area contributed by atoms with Gasteiger partial charge in [-0.2, -0.15) is 0 Å². The highest BCUT2D eigenvalue weighted by Gasteiger charge is 2.07. The number of pyridine rings is 1. The molecule has 1 aromatic heterocycles. The highest BCUT2D eigenvalue weighted by Crippen LogP contribution is 2.21. The summed E-state index contributed by atoms with van der Waals surface area (Å²) in [5.41, 5.74) is 9.13. The molecule has 0 unspecified atom stereocenters. The molecule has 0 saturated carbocycles. The van der Waals surface area contributed by atoms with Crippen LogP contribution in [0.4, 0.5) is 0 Å². The summed E-state index contributed by atoms with van der Waals surface area (Å²) in [6, 6.07) is 11.6. The van der Waals surface area contributed by atoms with Gasteiger partial charge in [-0.15, -0.1) is 0 Å². The van der Waals surface area contributed by atoms with Crippen LogP contribution in [0.1, 0.15) is 11.1 Å². The molecule has 0 aliphatic heterocycles. The Balaban J connectivity index is 2.60. The van der Waals surface area contributed by atoms with Crippen LogP contribution in [0.15, 0.2) is 42.6 Å². The van der Waals surface area contributed by atoms with Crippen molar-refractivity contribution < 1.29 is 0 Å². The molecular formula is C13H13N3. The third-order valence-corrected chi connectivity index (χ3v) is 2.39. The number of hydrogen-bond donors (Lipinski definition) is 2. The van der Waals surface area contributed by atoms with Gasteiger partial charge in [0.25, 0.3) is 0 Å². The standard InChI is InChI=1S/C13H13N3/c1-9-4-2-5-10(8-9)12-11(13(14)15)6-3-7-16-12/h2-8H,1H3,(H3,14,15). The lowest BCUT2D eigenvalue weighted by atomic mass is 10.0. The Morgan fingerprint density at radius 1 is 1.25 bits per heavy atom. The number of nitrogens with zero attached hydrogens (tertiary/aromatic N) is 1. The number of rotatable bonds is 2. The molecule has 1 heterocycles. The maximum Gasteiger partial charge on any atom is 0.125 e. The van der Waals surface area contributed by atoms with E-state index in [9.17, 15) is 0 Å². The van der Waals surface area contributed by atoms with E-state index in [1.807, 2.05) is 37.3 Å². The summed E-state index contributed by atoms with van der Waals surface area (Å²) in [5, 5.41) is 7.52. The number of hydrogen-bond acceptors (Lipinski definition) is 2. The van der Waals surface area contributed by atoms with Gasteiger partial charge in [-0.25, -0.2) is 0 Å². The topological polar surface area (TPSA) is 62.8 Å². The van der Waals surface area contributed by atoms with Crippen molar-refractivity contribution in [2.24, 2.45) is 5.73 Å². The van der Waals surface area contributed by atoms with Gasteiger partial charge in [-0.3, -0.25) is 10.4 Å². The Morgan fingerprint density at radius 2 is 2.06 bits per heavy atom. The van der Waals surface area contributed by atoms with Gasteiger partial charge in [-0.05, 0) is 25.1 Å². The lowest BCUT2D eigenvalue weighted by Crippen LogP contribution is -2.13. The summed E-state index contributed by atoms with van der Waals surface area (Å²) in [6.45, 7) is 2.03. The van der Waals surface area contributed by atoms with Gasteiger partial charge in [0.05, 0.1) is 5.69 Å². The van der Waals surface area contributed by atoms with E-state index in [0.29, 0.717) is 5.56 Å². The highest BCUT2D eigenvalue weighted by atomic mass is 14.7. The van der Waals surface area contributed by atoms with Crippen molar-refractivity contribution in [1.29, 1.82) is 5.41 Å². The van der Waals surface area contributed by atoms with E-state index in [2.05, 4.69) is 4.98 Å². The Morgan fingerprint density at radius 3 is 2.75 bits per heavy atom. The zero-order valence-electron chi connectivity index (χ0n) is 9.07. The predicted molar refractivity (Wildman–Crippen MR) is 65.4 cm³/mol. The van der Waals surface area contributed by atoms with Crippen molar-refractivity contribution in [1.82, 2.24) is 4.98 Å². The zero-order valence-corrected chi connectivity index (χ0v) is 9.07. The van der Waals surface area contributed by atoms with Gasteiger partial charge in [0.2, 0.25) is 0 Å². The number of nitrogen functional groups attached to an aromatic ring is 1. The molecule has 3 N–H and O–H groups in total. The average Bonchev–Trinajstić information content (AvgIpc) is 2.29. The molecular weight excluding hydrogens is 198 g/mol. The van der Waals surface area contributed by atoms with E-state index in [-0.39, 0.29) is 5.84 Å². The first-order valence-electron chi connectivity index (χ1n) is 5.05. The van der Waals surface area contributed by atoms with Crippen LogP contribution < -0.4 is 5.73 Å². The van der Waals surface area contributed by atoms with Gasteiger partial charge in [0, 0.05) is 17.3 Å². The lowest BCUT2D eigenvalue weighted by molar-refractivity contribution is 1.29. The van der Waals surface area contributed by atoms with E-state index in [1.165, 1.54) is 0 Å². The Kier molecular flexibility index (Phi) is 2.68. The minimum atomic E-state index is 0.0459. The quantitative estimate of drug-likeness (QED) is 0.591. The van der Waals surface area contributed by atoms with E-state index in [4.69, 9.17) is 11.1 Å². The molecule has 3 nitrogen and oxygen atoms in total. The molecule has 2 aromatic rings.